The number of amides is 1. The third-order valence-corrected chi connectivity index (χ3v) is 4.09. The van der Waals surface area contributed by atoms with E-state index < -0.39 is 0 Å². The smallest absolute Gasteiger partial charge is 0.239 e. The van der Waals surface area contributed by atoms with Crippen molar-refractivity contribution >= 4 is 5.91 Å². The van der Waals surface area contributed by atoms with Gasteiger partial charge >= 0.3 is 0 Å². The van der Waals surface area contributed by atoms with Crippen molar-refractivity contribution in [2.45, 2.75) is 52.5 Å². The fraction of sp³-hybridized carbons (Fsp3) is 0.800. The van der Waals surface area contributed by atoms with Gasteiger partial charge in [0, 0.05) is 13.1 Å². The van der Waals surface area contributed by atoms with Crippen LogP contribution in [0.3, 0.4) is 0 Å². The molecule has 1 saturated heterocycles. The van der Waals surface area contributed by atoms with Crippen molar-refractivity contribution < 1.29 is 4.79 Å². The maximum Gasteiger partial charge on any atom is 0.239 e. The first-order valence-electron chi connectivity index (χ1n) is 7.20. The fourth-order valence-corrected chi connectivity index (χ4v) is 2.83. The topological polar surface area (TPSA) is 32.3 Å². The van der Waals surface area contributed by atoms with Crippen molar-refractivity contribution in [1.29, 1.82) is 0 Å². The lowest BCUT2D eigenvalue weighted by atomic mass is 9.83. The predicted molar refractivity (Wildman–Crippen MR) is 74.4 cm³/mol. The molecular formula is C15H26N2O. The summed E-state index contributed by atoms with van der Waals surface area (Å²) in [7, 11) is 0. The maximum absolute atomic E-state index is 12.3. The summed E-state index contributed by atoms with van der Waals surface area (Å²) < 4.78 is 0. The Kier molecular flexibility index (Phi) is 4.10. The highest BCUT2D eigenvalue weighted by molar-refractivity contribution is 5.82. The summed E-state index contributed by atoms with van der Waals surface area (Å²) in [5, 5.41) is 3.35. The Bertz CT molecular complexity index is 335. The van der Waals surface area contributed by atoms with E-state index in [1.54, 1.807) is 0 Å². The lowest BCUT2D eigenvalue weighted by Crippen LogP contribution is -2.49. The van der Waals surface area contributed by atoms with E-state index in [0.29, 0.717) is 5.91 Å². The van der Waals surface area contributed by atoms with Crippen molar-refractivity contribution in [3.05, 3.63) is 11.6 Å². The average Bonchev–Trinajstić information content (AvgIpc) is 2.38. The minimum atomic E-state index is 0.0725. The molecule has 2 rings (SSSR count). The van der Waals surface area contributed by atoms with E-state index in [1.807, 2.05) is 4.90 Å². The zero-order valence-corrected chi connectivity index (χ0v) is 12.0. The van der Waals surface area contributed by atoms with Gasteiger partial charge in [0.1, 0.15) is 0 Å². The van der Waals surface area contributed by atoms with Gasteiger partial charge in [-0.3, -0.25) is 4.79 Å². The molecule has 1 N–H and O–H groups in total. The Morgan fingerprint density at radius 1 is 1.39 bits per heavy atom. The molecule has 3 nitrogen and oxygen atoms in total. The lowest BCUT2D eigenvalue weighted by Gasteiger charge is -2.35. The van der Waals surface area contributed by atoms with Crippen LogP contribution in [0.1, 0.15) is 46.5 Å². The first-order valence-corrected chi connectivity index (χ1v) is 7.20. The van der Waals surface area contributed by atoms with E-state index in [2.05, 4.69) is 32.2 Å². The molecule has 0 spiro atoms. The molecule has 2 aliphatic rings. The maximum atomic E-state index is 12.3. The van der Waals surface area contributed by atoms with Crippen LogP contribution in [0.5, 0.6) is 0 Å². The molecule has 0 aromatic heterocycles. The van der Waals surface area contributed by atoms with Crippen molar-refractivity contribution in [2.24, 2.45) is 5.41 Å². The molecule has 2 heterocycles. The van der Waals surface area contributed by atoms with Gasteiger partial charge in [-0.05, 0) is 31.2 Å². The molecule has 18 heavy (non-hydrogen) atoms. The zero-order valence-electron chi connectivity index (χ0n) is 12.0. The van der Waals surface area contributed by atoms with Gasteiger partial charge in [0.15, 0.2) is 0 Å². The van der Waals surface area contributed by atoms with E-state index in [1.165, 1.54) is 18.4 Å². The summed E-state index contributed by atoms with van der Waals surface area (Å²) >= 11 is 0. The van der Waals surface area contributed by atoms with Gasteiger partial charge in [0.25, 0.3) is 0 Å². The van der Waals surface area contributed by atoms with Crippen LogP contribution in [-0.4, -0.2) is 36.5 Å². The van der Waals surface area contributed by atoms with Gasteiger partial charge in [-0.15, -0.1) is 0 Å². The summed E-state index contributed by atoms with van der Waals surface area (Å²) in [5.74, 6) is 0.305. The number of nitrogens with one attached hydrogen (secondary N) is 1. The van der Waals surface area contributed by atoms with Gasteiger partial charge in [-0.2, -0.15) is 0 Å². The Labute approximate surface area is 111 Å². The number of hydrogen-bond acceptors (Lipinski definition) is 2. The average molecular weight is 250 g/mol. The van der Waals surface area contributed by atoms with E-state index in [0.717, 1.165) is 32.5 Å². The van der Waals surface area contributed by atoms with Crippen molar-refractivity contribution in [1.82, 2.24) is 10.2 Å². The quantitative estimate of drug-likeness (QED) is 0.724. The molecule has 0 saturated carbocycles. The minimum absolute atomic E-state index is 0.0725. The second-order valence-corrected chi connectivity index (χ2v) is 6.52. The standard InChI is InChI=1S/C15H26N2O/c1-15(2,3)12-7-10-17(11-8-12)14(18)13-6-4-5-9-16-13/h7,13,16H,4-6,8-11H2,1-3H3. The van der Waals surface area contributed by atoms with E-state index in [9.17, 15) is 4.79 Å². The van der Waals surface area contributed by atoms with Gasteiger partial charge in [0.2, 0.25) is 5.91 Å². The van der Waals surface area contributed by atoms with Crippen LogP contribution in [0.25, 0.3) is 0 Å². The molecule has 0 aliphatic carbocycles. The Morgan fingerprint density at radius 3 is 2.67 bits per heavy atom. The number of hydrogen-bond donors (Lipinski definition) is 1. The second-order valence-electron chi connectivity index (χ2n) is 6.52. The Balaban J connectivity index is 1.92. The number of carbonyl (C=O) groups is 1. The molecule has 0 aromatic rings. The highest BCUT2D eigenvalue weighted by atomic mass is 16.2. The summed E-state index contributed by atoms with van der Waals surface area (Å²) in [5.41, 5.74) is 1.74. The van der Waals surface area contributed by atoms with E-state index in [4.69, 9.17) is 0 Å². The number of rotatable bonds is 1. The molecule has 0 bridgehead atoms. The van der Waals surface area contributed by atoms with E-state index in [-0.39, 0.29) is 11.5 Å². The second kappa shape index (κ2) is 5.43. The molecule has 102 valence electrons. The van der Waals surface area contributed by atoms with Gasteiger partial charge in [-0.25, -0.2) is 0 Å². The summed E-state index contributed by atoms with van der Waals surface area (Å²) in [6.07, 6.45) is 6.68. The summed E-state index contributed by atoms with van der Waals surface area (Å²) in [6, 6.07) is 0.0725. The van der Waals surface area contributed by atoms with E-state index >= 15 is 0 Å². The Morgan fingerprint density at radius 2 is 2.17 bits per heavy atom. The monoisotopic (exact) mass is 250 g/mol. The lowest BCUT2D eigenvalue weighted by molar-refractivity contribution is -0.133. The first kappa shape index (κ1) is 13.6. The molecule has 1 unspecified atom stereocenters. The van der Waals surface area contributed by atoms with Crippen LogP contribution < -0.4 is 5.32 Å². The van der Waals surface area contributed by atoms with Crippen LogP contribution in [0.15, 0.2) is 11.6 Å². The molecule has 0 aromatic carbocycles. The summed E-state index contributed by atoms with van der Waals surface area (Å²) in [6.45, 7) is 9.42. The van der Waals surface area contributed by atoms with Crippen LogP contribution in [0.4, 0.5) is 0 Å². The SMILES string of the molecule is CC(C)(C)C1=CCN(C(=O)C2CCCCN2)CC1. The molecule has 2 aliphatic heterocycles. The number of carbonyl (C=O) groups excluding carboxylic acids is 1. The van der Waals surface area contributed by atoms with Crippen LogP contribution in [0.2, 0.25) is 0 Å². The molecule has 0 radical (unpaired) electrons. The molecular weight excluding hydrogens is 224 g/mol. The van der Waals surface area contributed by atoms with Crippen LogP contribution in [0, 0.1) is 5.41 Å². The Hall–Kier alpha value is -0.830. The third-order valence-electron chi connectivity index (χ3n) is 4.09. The number of nitrogens with zero attached hydrogens (tertiary/aromatic N) is 1. The summed E-state index contributed by atoms with van der Waals surface area (Å²) in [4.78, 5) is 14.4. The van der Waals surface area contributed by atoms with Gasteiger partial charge in [-0.1, -0.05) is 38.8 Å². The minimum Gasteiger partial charge on any atom is -0.337 e. The normalized spacial score (nSPS) is 25.8. The first-order chi connectivity index (χ1) is 8.48. The van der Waals surface area contributed by atoms with Gasteiger partial charge in [0.05, 0.1) is 6.04 Å². The molecule has 1 amide bonds. The highest BCUT2D eigenvalue weighted by Gasteiger charge is 2.28. The number of piperidine rings is 1. The highest BCUT2D eigenvalue weighted by Crippen LogP contribution is 2.30. The van der Waals surface area contributed by atoms with Crippen molar-refractivity contribution in [2.75, 3.05) is 19.6 Å². The third kappa shape index (κ3) is 3.14. The fourth-order valence-electron chi connectivity index (χ4n) is 2.83. The zero-order chi connectivity index (χ0) is 13.2. The van der Waals surface area contributed by atoms with Gasteiger partial charge < -0.3 is 10.2 Å². The van der Waals surface area contributed by atoms with Crippen molar-refractivity contribution in [3.8, 4) is 0 Å². The molecule has 1 atom stereocenters. The van der Waals surface area contributed by atoms with Crippen LogP contribution in [-0.2, 0) is 4.79 Å². The molecule has 1 fully saturated rings. The molecule has 3 heteroatoms. The van der Waals surface area contributed by atoms with Crippen LogP contribution >= 0.6 is 0 Å². The largest absolute Gasteiger partial charge is 0.337 e. The van der Waals surface area contributed by atoms with Crippen molar-refractivity contribution in [3.63, 3.8) is 0 Å². The predicted octanol–water partition coefficient (Wildman–Crippen LogP) is 2.33.